The first kappa shape index (κ1) is 18.7. The Morgan fingerprint density at radius 2 is 2.17 bits per heavy atom. The number of aromatic hydroxyl groups is 1. The van der Waals surface area contributed by atoms with Crippen LogP contribution in [-0.4, -0.2) is 32.1 Å². The molecule has 0 saturated heterocycles. The summed E-state index contributed by atoms with van der Waals surface area (Å²) in [7, 11) is 0. The number of benzene rings is 1. The number of aryl methyl sites for hydroxylation is 2. The summed E-state index contributed by atoms with van der Waals surface area (Å²) in [5.74, 6) is -1.33. The molecule has 3 N–H and O–H groups in total. The predicted octanol–water partition coefficient (Wildman–Crippen LogP) is 2.24. The highest BCUT2D eigenvalue weighted by molar-refractivity contribution is 7.18. The lowest BCUT2D eigenvalue weighted by atomic mass is 9.97. The number of nitro benzene ring substituents is 1. The Labute approximate surface area is 167 Å². The molecule has 0 bridgehead atoms. The molecule has 1 aliphatic carbocycles. The molecule has 0 atom stereocenters. The summed E-state index contributed by atoms with van der Waals surface area (Å²) in [4.78, 5) is 43.3. The third-order valence-electron chi connectivity index (χ3n) is 4.62. The van der Waals surface area contributed by atoms with Crippen LogP contribution in [0, 0.1) is 10.1 Å². The Kier molecular flexibility index (Phi) is 4.80. The molecule has 0 unspecified atom stereocenters. The van der Waals surface area contributed by atoms with Crippen LogP contribution in [0.2, 0.25) is 0 Å². The highest BCUT2D eigenvalue weighted by Crippen LogP contribution is 2.33. The predicted molar refractivity (Wildman–Crippen MR) is 107 cm³/mol. The van der Waals surface area contributed by atoms with Gasteiger partial charge in [-0.05, 0) is 43.4 Å². The van der Waals surface area contributed by atoms with Crippen LogP contribution in [0.3, 0.4) is 0 Å². The number of aromatic nitrogens is 2. The number of rotatable bonds is 4. The van der Waals surface area contributed by atoms with Gasteiger partial charge < -0.3 is 10.1 Å². The zero-order chi connectivity index (χ0) is 20.5. The summed E-state index contributed by atoms with van der Waals surface area (Å²) in [6.45, 7) is 0. The minimum Gasteiger partial charge on any atom is -0.502 e. The number of fused-ring (bicyclic) bond motifs is 3. The molecule has 10 nitrogen and oxygen atoms in total. The van der Waals surface area contributed by atoms with Crippen LogP contribution in [0.25, 0.3) is 10.2 Å². The first-order valence-corrected chi connectivity index (χ1v) is 9.61. The van der Waals surface area contributed by atoms with Gasteiger partial charge in [-0.1, -0.05) is 0 Å². The van der Waals surface area contributed by atoms with E-state index < -0.39 is 22.3 Å². The molecule has 1 aliphatic rings. The minimum atomic E-state index is -0.726. The Morgan fingerprint density at radius 3 is 2.97 bits per heavy atom. The Hall–Kier alpha value is -3.60. The molecule has 2 aromatic heterocycles. The van der Waals surface area contributed by atoms with Crippen LogP contribution in [-0.2, 0) is 12.8 Å². The lowest BCUT2D eigenvalue weighted by Gasteiger charge is -2.09. The summed E-state index contributed by atoms with van der Waals surface area (Å²) in [5, 5.41) is 24.6. The Morgan fingerprint density at radius 1 is 1.38 bits per heavy atom. The second-order valence-electron chi connectivity index (χ2n) is 6.51. The van der Waals surface area contributed by atoms with E-state index >= 15 is 0 Å². The normalized spacial score (nSPS) is 13.5. The molecule has 3 aromatic rings. The summed E-state index contributed by atoms with van der Waals surface area (Å²) in [6, 6.07) is 3.68. The molecule has 1 aromatic carbocycles. The van der Waals surface area contributed by atoms with Gasteiger partial charge in [-0.3, -0.25) is 19.7 Å². The molecule has 1 amide bonds. The number of thiophene rings is 1. The van der Waals surface area contributed by atoms with E-state index in [1.165, 1.54) is 23.6 Å². The van der Waals surface area contributed by atoms with Gasteiger partial charge in [0.25, 0.3) is 5.56 Å². The highest BCUT2D eigenvalue weighted by atomic mass is 32.1. The van der Waals surface area contributed by atoms with Gasteiger partial charge in [0.2, 0.25) is 5.82 Å². The molecule has 0 spiro atoms. The topological polar surface area (TPSA) is 151 Å². The summed E-state index contributed by atoms with van der Waals surface area (Å²) >= 11 is 1.43. The minimum absolute atomic E-state index is 0.157. The number of aromatic amines is 1. The monoisotopic (exact) mass is 413 g/mol. The van der Waals surface area contributed by atoms with Crippen molar-refractivity contribution >= 4 is 39.4 Å². The smallest absolute Gasteiger partial charge is 0.311 e. The molecule has 0 fully saturated rings. The lowest BCUT2D eigenvalue weighted by Crippen LogP contribution is -2.24. The molecule has 4 rings (SSSR count). The third kappa shape index (κ3) is 3.59. The molecule has 11 heteroatoms. The van der Waals surface area contributed by atoms with Gasteiger partial charge in [-0.15, -0.1) is 11.3 Å². The number of hydrazone groups is 1. The third-order valence-corrected chi connectivity index (χ3v) is 5.80. The van der Waals surface area contributed by atoms with Gasteiger partial charge in [0.1, 0.15) is 4.83 Å². The Bertz CT molecular complexity index is 1230. The lowest BCUT2D eigenvalue weighted by molar-refractivity contribution is -0.385. The summed E-state index contributed by atoms with van der Waals surface area (Å²) < 4.78 is 0. The van der Waals surface area contributed by atoms with E-state index in [0.29, 0.717) is 15.8 Å². The van der Waals surface area contributed by atoms with Gasteiger partial charge in [0.05, 0.1) is 16.5 Å². The van der Waals surface area contributed by atoms with Gasteiger partial charge in [-0.25, -0.2) is 10.4 Å². The molecule has 2 heterocycles. The van der Waals surface area contributed by atoms with Crippen LogP contribution in [0.5, 0.6) is 5.75 Å². The van der Waals surface area contributed by atoms with E-state index in [-0.39, 0.29) is 11.4 Å². The van der Waals surface area contributed by atoms with Crippen molar-refractivity contribution in [2.75, 3.05) is 0 Å². The number of phenols is 1. The van der Waals surface area contributed by atoms with Crippen LogP contribution in [0.15, 0.2) is 28.1 Å². The van der Waals surface area contributed by atoms with E-state index in [9.17, 15) is 24.8 Å². The Balaban J connectivity index is 1.55. The van der Waals surface area contributed by atoms with Gasteiger partial charge in [-0.2, -0.15) is 5.10 Å². The molecule has 29 heavy (non-hydrogen) atoms. The fourth-order valence-electron chi connectivity index (χ4n) is 3.26. The van der Waals surface area contributed by atoms with Gasteiger partial charge in [0, 0.05) is 16.5 Å². The largest absolute Gasteiger partial charge is 0.502 e. The van der Waals surface area contributed by atoms with Crippen LogP contribution in [0.1, 0.15) is 39.5 Å². The van der Waals surface area contributed by atoms with E-state index in [1.807, 2.05) is 0 Å². The van der Waals surface area contributed by atoms with E-state index in [2.05, 4.69) is 20.5 Å². The fourth-order valence-corrected chi connectivity index (χ4v) is 4.52. The summed E-state index contributed by atoms with van der Waals surface area (Å²) in [6.07, 6.45) is 5.06. The number of carbonyl (C=O) groups is 1. The molecule has 0 radical (unpaired) electrons. The van der Waals surface area contributed by atoms with Crippen molar-refractivity contribution in [3.05, 3.63) is 60.5 Å². The number of carbonyl (C=O) groups excluding carboxylic acids is 1. The maximum absolute atomic E-state index is 12.5. The van der Waals surface area contributed by atoms with Crippen molar-refractivity contribution in [3.63, 3.8) is 0 Å². The van der Waals surface area contributed by atoms with Crippen LogP contribution < -0.4 is 11.0 Å². The maximum atomic E-state index is 12.5. The maximum Gasteiger partial charge on any atom is 0.311 e. The van der Waals surface area contributed by atoms with Gasteiger partial charge >= 0.3 is 11.6 Å². The van der Waals surface area contributed by atoms with Crippen molar-refractivity contribution in [2.45, 2.75) is 25.7 Å². The number of nitrogens with one attached hydrogen (secondary N) is 2. The van der Waals surface area contributed by atoms with Crippen molar-refractivity contribution in [3.8, 4) is 5.75 Å². The number of hydrogen-bond donors (Lipinski definition) is 3. The van der Waals surface area contributed by atoms with Crippen molar-refractivity contribution in [1.82, 2.24) is 15.4 Å². The molecular weight excluding hydrogens is 398 g/mol. The number of hydrogen-bond acceptors (Lipinski definition) is 8. The zero-order valence-corrected chi connectivity index (χ0v) is 15.8. The first-order chi connectivity index (χ1) is 13.9. The number of amides is 1. The second-order valence-corrected chi connectivity index (χ2v) is 7.59. The average molecular weight is 413 g/mol. The molecule has 148 valence electrons. The van der Waals surface area contributed by atoms with E-state index in [0.717, 1.165) is 48.3 Å². The second kappa shape index (κ2) is 7.43. The standard InChI is InChI=1S/C18H15N5O5S/c24-12-6-5-9(7-11(12)23(27)28)8-19-22-17(26)15-20-16(25)14-10-3-1-2-4-13(10)29-18(14)21-15/h5-8,24H,1-4H2,(H,22,26)(H,20,21,25). The molecule has 0 saturated carbocycles. The van der Waals surface area contributed by atoms with Crippen molar-refractivity contribution in [1.29, 1.82) is 0 Å². The van der Waals surface area contributed by atoms with Crippen molar-refractivity contribution in [2.24, 2.45) is 5.10 Å². The van der Waals surface area contributed by atoms with E-state index in [4.69, 9.17) is 0 Å². The zero-order valence-electron chi connectivity index (χ0n) is 15.0. The highest BCUT2D eigenvalue weighted by Gasteiger charge is 2.21. The number of phenolic OH excluding ortho intramolecular Hbond substituents is 1. The SMILES string of the molecule is O=C(NN=Cc1ccc(O)c([N+](=O)[O-])c1)c1nc2sc3c(c2c(=O)[nH]1)CCCC3. The van der Waals surface area contributed by atoms with E-state index in [1.54, 1.807) is 0 Å². The molecule has 0 aliphatic heterocycles. The van der Waals surface area contributed by atoms with Crippen LogP contribution in [0.4, 0.5) is 5.69 Å². The number of H-pyrrole nitrogens is 1. The fraction of sp³-hybridized carbons (Fsp3) is 0.222. The van der Waals surface area contributed by atoms with Crippen LogP contribution >= 0.6 is 11.3 Å². The number of nitro groups is 1. The average Bonchev–Trinajstić information content (AvgIpc) is 3.07. The summed E-state index contributed by atoms with van der Waals surface area (Å²) in [5.41, 5.74) is 2.75. The molecular formula is C18H15N5O5S. The van der Waals surface area contributed by atoms with Gasteiger partial charge in [0.15, 0.2) is 5.75 Å². The number of nitrogens with zero attached hydrogens (tertiary/aromatic N) is 3. The first-order valence-electron chi connectivity index (χ1n) is 8.79. The quantitative estimate of drug-likeness (QED) is 0.339. The van der Waals surface area contributed by atoms with Crippen molar-refractivity contribution < 1.29 is 14.8 Å².